The molecule has 0 radical (unpaired) electrons. The largest absolute Gasteiger partial charge is 0.357 e. The zero-order chi connectivity index (χ0) is 18.2. The fourth-order valence-electron chi connectivity index (χ4n) is 2.37. The van der Waals surface area contributed by atoms with Gasteiger partial charge in [0.1, 0.15) is 12.1 Å². The summed E-state index contributed by atoms with van der Waals surface area (Å²) in [7, 11) is 0. The van der Waals surface area contributed by atoms with Crippen molar-refractivity contribution in [2.45, 2.75) is 26.8 Å². The Morgan fingerprint density at radius 3 is 2.74 bits per heavy atom. The lowest BCUT2D eigenvalue weighted by Gasteiger charge is -2.10. The third-order valence-electron chi connectivity index (χ3n) is 3.64. The highest BCUT2D eigenvalue weighted by atomic mass is 127. The van der Waals surface area contributed by atoms with E-state index in [2.05, 4.69) is 44.4 Å². The van der Waals surface area contributed by atoms with E-state index in [9.17, 15) is 0 Å². The van der Waals surface area contributed by atoms with Crippen LogP contribution >= 0.6 is 35.3 Å². The molecule has 3 aromatic rings. The SMILES string of the molecule is CCNC(=NCc1ccc(-n2ccnc2)nc1)NCCc1ncc(C)s1.I. The number of pyridine rings is 1. The zero-order valence-electron chi connectivity index (χ0n) is 15.4. The van der Waals surface area contributed by atoms with E-state index in [-0.39, 0.29) is 24.0 Å². The van der Waals surface area contributed by atoms with E-state index < -0.39 is 0 Å². The molecule has 0 fully saturated rings. The number of rotatable bonds is 7. The highest BCUT2D eigenvalue weighted by molar-refractivity contribution is 14.0. The summed E-state index contributed by atoms with van der Waals surface area (Å²) in [4.78, 5) is 18.7. The average Bonchev–Trinajstić information content (AvgIpc) is 3.32. The quantitative estimate of drug-likeness (QED) is 0.298. The van der Waals surface area contributed by atoms with Crippen LogP contribution in [-0.4, -0.2) is 38.6 Å². The molecule has 3 heterocycles. The number of nitrogens with one attached hydrogen (secondary N) is 2. The van der Waals surface area contributed by atoms with Gasteiger partial charge in [0.05, 0.1) is 11.6 Å². The van der Waals surface area contributed by atoms with Crippen molar-refractivity contribution in [3.05, 3.63) is 58.7 Å². The van der Waals surface area contributed by atoms with E-state index in [4.69, 9.17) is 0 Å². The maximum Gasteiger partial charge on any atom is 0.191 e. The molecule has 0 aliphatic rings. The van der Waals surface area contributed by atoms with Gasteiger partial charge in [-0.3, -0.25) is 4.57 Å². The van der Waals surface area contributed by atoms with Crippen molar-refractivity contribution in [3.63, 3.8) is 0 Å². The smallest absolute Gasteiger partial charge is 0.191 e. The molecule has 144 valence electrons. The summed E-state index contributed by atoms with van der Waals surface area (Å²) in [5.74, 6) is 1.65. The average molecular weight is 497 g/mol. The standard InChI is InChI=1S/C18H23N7S.HI/c1-3-20-18(21-7-6-17-23-10-14(2)26-17)24-12-15-4-5-16(22-11-15)25-9-8-19-13-25;/h4-5,8-11,13H,3,6-7,12H2,1-2H3,(H2,20,21,24);1H. The molecule has 2 N–H and O–H groups in total. The summed E-state index contributed by atoms with van der Waals surface area (Å²) in [5, 5.41) is 7.77. The van der Waals surface area contributed by atoms with Crippen LogP contribution in [0.4, 0.5) is 0 Å². The molecule has 0 aliphatic heterocycles. The monoisotopic (exact) mass is 497 g/mol. The molecule has 0 unspecified atom stereocenters. The lowest BCUT2D eigenvalue weighted by molar-refractivity contribution is 0.796. The van der Waals surface area contributed by atoms with Crippen molar-refractivity contribution < 1.29 is 0 Å². The van der Waals surface area contributed by atoms with Crippen molar-refractivity contribution in [2.24, 2.45) is 4.99 Å². The Bertz CT molecular complexity index is 828. The van der Waals surface area contributed by atoms with Gasteiger partial charge in [-0.15, -0.1) is 35.3 Å². The third kappa shape index (κ3) is 6.58. The molecule has 9 heteroatoms. The minimum atomic E-state index is 0. The number of aliphatic imine (C=N–C) groups is 1. The lowest BCUT2D eigenvalue weighted by Crippen LogP contribution is -2.38. The van der Waals surface area contributed by atoms with Gasteiger partial charge in [0.25, 0.3) is 0 Å². The number of halogens is 1. The minimum Gasteiger partial charge on any atom is -0.357 e. The molecule has 0 saturated carbocycles. The number of aryl methyl sites for hydroxylation is 1. The van der Waals surface area contributed by atoms with Crippen LogP contribution in [0.25, 0.3) is 5.82 Å². The third-order valence-corrected chi connectivity index (χ3v) is 4.62. The van der Waals surface area contributed by atoms with Crippen LogP contribution < -0.4 is 10.6 Å². The molecule has 27 heavy (non-hydrogen) atoms. The van der Waals surface area contributed by atoms with Gasteiger partial charge in [-0.2, -0.15) is 0 Å². The Kier molecular flexibility index (Phi) is 8.65. The Labute approximate surface area is 180 Å². The highest BCUT2D eigenvalue weighted by Gasteiger charge is 2.02. The molecule has 7 nitrogen and oxygen atoms in total. The molecule has 0 atom stereocenters. The van der Waals surface area contributed by atoms with Crippen molar-refractivity contribution in [1.82, 2.24) is 30.2 Å². The molecule has 0 bridgehead atoms. The van der Waals surface area contributed by atoms with Crippen LogP contribution in [0.5, 0.6) is 0 Å². The van der Waals surface area contributed by atoms with Gasteiger partial charge in [0, 0.05) is 49.2 Å². The van der Waals surface area contributed by atoms with E-state index in [1.165, 1.54) is 4.88 Å². The maximum atomic E-state index is 4.63. The zero-order valence-corrected chi connectivity index (χ0v) is 18.6. The number of imidazole rings is 1. The Morgan fingerprint density at radius 1 is 1.22 bits per heavy atom. The Hall–Kier alpha value is -2.01. The number of aromatic nitrogens is 4. The van der Waals surface area contributed by atoms with Crippen molar-refractivity contribution in [3.8, 4) is 5.82 Å². The van der Waals surface area contributed by atoms with E-state index in [1.807, 2.05) is 35.3 Å². The van der Waals surface area contributed by atoms with Crippen LogP contribution in [0.1, 0.15) is 22.4 Å². The van der Waals surface area contributed by atoms with Crippen LogP contribution in [-0.2, 0) is 13.0 Å². The van der Waals surface area contributed by atoms with Crippen LogP contribution in [0.2, 0.25) is 0 Å². The number of hydrogen-bond acceptors (Lipinski definition) is 5. The first kappa shape index (κ1) is 21.3. The van der Waals surface area contributed by atoms with Gasteiger partial charge < -0.3 is 10.6 Å². The highest BCUT2D eigenvalue weighted by Crippen LogP contribution is 2.11. The predicted octanol–water partition coefficient (Wildman–Crippen LogP) is 2.95. The molecule has 0 aromatic carbocycles. The minimum absolute atomic E-state index is 0. The molecule has 3 rings (SSSR count). The van der Waals surface area contributed by atoms with E-state index >= 15 is 0 Å². The molecule has 0 amide bonds. The van der Waals surface area contributed by atoms with Crippen LogP contribution in [0, 0.1) is 6.92 Å². The molecule has 0 saturated heterocycles. The van der Waals surface area contributed by atoms with Gasteiger partial charge in [-0.25, -0.2) is 19.9 Å². The summed E-state index contributed by atoms with van der Waals surface area (Å²) in [5.41, 5.74) is 1.06. The molecular formula is C18H24IN7S. The van der Waals surface area contributed by atoms with Crippen molar-refractivity contribution >= 4 is 41.3 Å². The summed E-state index contributed by atoms with van der Waals surface area (Å²) >= 11 is 1.74. The second-order valence-electron chi connectivity index (χ2n) is 5.73. The fraction of sp³-hybridized carbons (Fsp3) is 0.333. The van der Waals surface area contributed by atoms with Gasteiger partial charge in [0.2, 0.25) is 0 Å². The van der Waals surface area contributed by atoms with Gasteiger partial charge in [-0.1, -0.05) is 6.07 Å². The van der Waals surface area contributed by atoms with Crippen molar-refractivity contribution in [2.75, 3.05) is 13.1 Å². The predicted molar refractivity (Wildman–Crippen MR) is 120 cm³/mol. The topological polar surface area (TPSA) is 80.0 Å². The summed E-state index contributed by atoms with van der Waals surface area (Å²) in [6, 6.07) is 4.01. The first-order valence-corrected chi connectivity index (χ1v) is 9.43. The fourth-order valence-corrected chi connectivity index (χ4v) is 3.16. The second-order valence-corrected chi connectivity index (χ2v) is 7.05. The second kappa shape index (κ2) is 11.0. The Balaban J connectivity index is 0.00000261. The summed E-state index contributed by atoms with van der Waals surface area (Å²) in [6.45, 7) is 6.33. The molecule has 0 spiro atoms. The number of nitrogens with zero attached hydrogens (tertiary/aromatic N) is 5. The Morgan fingerprint density at radius 2 is 2.11 bits per heavy atom. The number of thiazole rings is 1. The van der Waals surface area contributed by atoms with Gasteiger partial charge in [-0.05, 0) is 25.5 Å². The number of hydrogen-bond donors (Lipinski definition) is 2. The maximum absolute atomic E-state index is 4.63. The summed E-state index contributed by atoms with van der Waals surface area (Å²) < 4.78 is 1.87. The van der Waals surface area contributed by atoms with Crippen molar-refractivity contribution in [1.29, 1.82) is 0 Å². The first-order chi connectivity index (χ1) is 12.7. The van der Waals surface area contributed by atoms with E-state index in [1.54, 1.807) is 23.9 Å². The van der Waals surface area contributed by atoms with Gasteiger partial charge in [0.15, 0.2) is 5.96 Å². The lowest BCUT2D eigenvalue weighted by atomic mass is 10.3. The van der Waals surface area contributed by atoms with Crippen LogP contribution in [0.3, 0.4) is 0 Å². The van der Waals surface area contributed by atoms with Gasteiger partial charge >= 0.3 is 0 Å². The van der Waals surface area contributed by atoms with Crippen LogP contribution in [0.15, 0.2) is 48.2 Å². The molecule has 0 aliphatic carbocycles. The van der Waals surface area contributed by atoms with E-state index in [0.717, 1.165) is 41.9 Å². The summed E-state index contributed by atoms with van der Waals surface area (Å²) in [6.07, 6.45) is 10.0. The first-order valence-electron chi connectivity index (χ1n) is 8.61. The molecular weight excluding hydrogens is 473 g/mol. The number of guanidine groups is 1. The normalized spacial score (nSPS) is 11.1. The van der Waals surface area contributed by atoms with E-state index in [0.29, 0.717) is 6.54 Å². The molecule has 3 aromatic heterocycles.